The van der Waals surface area contributed by atoms with Crippen LogP contribution < -0.4 is 19.8 Å². The maximum absolute atomic E-state index is 13.5. The number of carbonyl (C=O) groups is 1. The van der Waals surface area contributed by atoms with Crippen molar-refractivity contribution in [2.45, 2.75) is 6.18 Å². The predicted octanol–water partition coefficient (Wildman–Crippen LogP) is 4.22. The second-order valence-electron chi connectivity index (χ2n) is 9.43. The Morgan fingerprint density at radius 1 is 1.02 bits per heavy atom. The number of alkyl halides is 3. The summed E-state index contributed by atoms with van der Waals surface area (Å²) in [5.74, 6) is 0.364. The number of fused-ring (bicyclic) bond motifs is 1. The van der Waals surface area contributed by atoms with E-state index in [1.807, 2.05) is 0 Å². The van der Waals surface area contributed by atoms with Crippen molar-refractivity contribution in [2.24, 2.45) is 5.10 Å². The zero-order valence-electron chi connectivity index (χ0n) is 23.3. The van der Waals surface area contributed by atoms with Gasteiger partial charge in [-0.25, -0.2) is 4.98 Å². The lowest BCUT2D eigenvalue weighted by Gasteiger charge is -2.27. The van der Waals surface area contributed by atoms with E-state index in [0.717, 1.165) is 16.8 Å². The Labute approximate surface area is 243 Å². The van der Waals surface area contributed by atoms with Crippen molar-refractivity contribution >= 4 is 23.0 Å². The number of morpholine rings is 1. The number of amides is 1. The molecule has 1 aliphatic rings. The number of benzene rings is 3. The van der Waals surface area contributed by atoms with Gasteiger partial charge < -0.3 is 23.8 Å². The molecule has 5 rings (SSSR count). The first kappa shape index (κ1) is 29.6. The van der Waals surface area contributed by atoms with Gasteiger partial charge in [-0.3, -0.25) is 9.59 Å². The van der Waals surface area contributed by atoms with Crippen LogP contribution in [0.25, 0.3) is 22.3 Å². The normalized spacial score (nSPS) is 13.8. The quantitative estimate of drug-likeness (QED) is 0.281. The van der Waals surface area contributed by atoms with Crippen LogP contribution in [0.3, 0.4) is 0 Å². The summed E-state index contributed by atoms with van der Waals surface area (Å²) in [4.78, 5) is 32.2. The van der Waals surface area contributed by atoms with Crippen LogP contribution in [0.5, 0.6) is 17.2 Å². The van der Waals surface area contributed by atoms with E-state index in [-0.39, 0.29) is 46.5 Å². The molecule has 2 heterocycles. The first-order valence-electron chi connectivity index (χ1n) is 13.2. The smallest absolute Gasteiger partial charge is 0.416 e. The molecular formula is C30H27F3N4O6. The van der Waals surface area contributed by atoms with Crippen molar-refractivity contribution in [1.82, 2.24) is 14.6 Å². The second kappa shape index (κ2) is 12.5. The fourth-order valence-corrected chi connectivity index (χ4v) is 4.53. The van der Waals surface area contributed by atoms with Gasteiger partial charge in [0.25, 0.3) is 11.5 Å². The van der Waals surface area contributed by atoms with Gasteiger partial charge in [0.15, 0.2) is 23.9 Å². The van der Waals surface area contributed by atoms with E-state index in [9.17, 15) is 22.8 Å². The number of hydrogen-bond donors (Lipinski definition) is 0. The van der Waals surface area contributed by atoms with Crippen molar-refractivity contribution in [1.29, 1.82) is 0 Å². The van der Waals surface area contributed by atoms with E-state index in [4.69, 9.17) is 18.9 Å². The van der Waals surface area contributed by atoms with Gasteiger partial charge in [0.1, 0.15) is 0 Å². The summed E-state index contributed by atoms with van der Waals surface area (Å²) in [6, 6.07) is 14.1. The number of aromatic nitrogens is 2. The predicted molar refractivity (Wildman–Crippen MR) is 152 cm³/mol. The molecule has 1 fully saturated rings. The molecule has 1 amide bonds. The molecular weight excluding hydrogens is 569 g/mol. The van der Waals surface area contributed by atoms with Crippen LogP contribution in [0.2, 0.25) is 0 Å². The van der Waals surface area contributed by atoms with E-state index in [2.05, 4.69) is 10.1 Å². The maximum Gasteiger partial charge on any atom is 0.416 e. The molecule has 3 aromatic carbocycles. The van der Waals surface area contributed by atoms with Crippen LogP contribution in [0.15, 0.2) is 70.6 Å². The standard InChI is InChI=1S/C30H27F3N4O6/c1-40-24-14-19(15-25(41-2)27(24)43-18-26(38)36-10-12-42-13-11-36)17-34-37-28(20-6-5-7-21(16-20)30(31,32)33)35-23-9-4-3-8-22(23)29(37)39/h3-9,14-17H,10-13,18H2,1-2H3. The molecule has 0 atom stereocenters. The summed E-state index contributed by atoms with van der Waals surface area (Å²) in [6.45, 7) is 1.60. The second-order valence-corrected chi connectivity index (χ2v) is 9.43. The van der Waals surface area contributed by atoms with Gasteiger partial charge in [-0.2, -0.15) is 22.9 Å². The number of halogens is 3. The third-order valence-corrected chi connectivity index (χ3v) is 6.71. The van der Waals surface area contributed by atoms with E-state index in [0.29, 0.717) is 37.4 Å². The lowest BCUT2D eigenvalue weighted by atomic mass is 10.1. The number of nitrogens with zero attached hydrogens (tertiary/aromatic N) is 4. The van der Waals surface area contributed by atoms with Gasteiger partial charge in [0.05, 0.1) is 50.1 Å². The Hall–Kier alpha value is -4.91. The molecule has 0 saturated carbocycles. The number of hydrogen-bond acceptors (Lipinski definition) is 8. The molecule has 4 aromatic rings. The highest BCUT2D eigenvalue weighted by atomic mass is 19.4. The lowest BCUT2D eigenvalue weighted by molar-refractivity contribution is -0.138. The lowest BCUT2D eigenvalue weighted by Crippen LogP contribution is -2.43. The van der Waals surface area contributed by atoms with E-state index >= 15 is 0 Å². The summed E-state index contributed by atoms with van der Waals surface area (Å²) < 4.78 is 63.4. The molecule has 0 spiro atoms. The SMILES string of the molecule is COc1cc(C=Nn2c(-c3cccc(C(F)(F)F)c3)nc3ccccc3c2=O)cc(OC)c1OCC(=O)N1CCOCC1. The molecule has 13 heteroatoms. The number of ether oxygens (including phenoxy) is 4. The van der Waals surface area contributed by atoms with E-state index < -0.39 is 17.3 Å². The molecule has 224 valence electrons. The van der Waals surface area contributed by atoms with Crippen LogP contribution in [0.4, 0.5) is 13.2 Å². The first-order valence-corrected chi connectivity index (χ1v) is 13.2. The van der Waals surface area contributed by atoms with Crippen molar-refractivity contribution in [3.63, 3.8) is 0 Å². The zero-order valence-corrected chi connectivity index (χ0v) is 23.3. The van der Waals surface area contributed by atoms with Crippen molar-refractivity contribution in [2.75, 3.05) is 47.1 Å². The highest BCUT2D eigenvalue weighted by Gasteiger charge is 2.31. The molecule has 1 aromatic heterocycles. The molecule has 0 bridgehead atoms. The summed E-state index contributed by atoms with van der Waals surface area (Å²) >= 11 is 0. The van der Waals surface area contributed by atoms with Gasteiger partial charge in [-0.1, -0.05) is 24.3 Å². The van der Waals surface area contributed by atoms with Gasteiger partial charge in [0, 0.05) is 24.2 Å². The van der Waals surface area contributed by atoms with Crippen molar-refractivity contribution in [3.05, 3.63) is 82.1 Å². The van der Waals surface area contributed by atoms with E-state index in [1.54, 1.807) is 41.3 Å². The summed E-state index contributed by atoms with van der Waals surface area (Å²) in [6.07, 6.45) is -3.27. The maximum atomic E-state index is 13.5. The molecule has 0 radical (unpaired) electrons. The van der Waals surface area contributed by atoms with Gasteiger partial charge in [-0.15, -0.1) is 0 Å². The molecule has 10 nitrogen and oxygen atoms in total. The minimum Gasteiger partial charge on any atom is -0.493 e. The summed E-state index contributed by atoms with van der Waals surface area (Å²) in [5.41, 5.74) is -0.688. The minimum absolute atomic E-state index is 0.0543. The first-order chi connectivity index (χ1) is 20.7. The fraction of sp³-hybridized carbons (Fsp3) is 0.267. The molecule has 0 unspecified atom stereocenters. The monoisotopic (exact) mass is 596 g/mol. The van der Waals surface area contributed by atoms with Crippen LogP contribution >= 0.6 is 0 Å². The average molecular weight is 597 g/mol. The topological polar surface area (TPSA) is 104 Å². The third kappa shape index (κ3) is 6.46. The number of rotatable bonds is 8. The Morgan fingerprint density at radius 2 is 1.72 bits per heavy atom. The van der Waals surface area contributed by atoms with Crippen LogP contribution in [-0.2, 0) is 15.7 Å². The number of carbonyl (C=O) groups excluding carboxylic acids is 1. The molecule has 43 heavy (non-hydrogen) atoms. The number of para-hydroxylation sites is 1. The van der Waals surface area contributed by atoms with Gasteiger partial charge in [0.2, 0.25) is 5.75 Å². The largest absolute Gasteiger partial charge is 0.493 e. The average Bonchev–Trinajstić information content (AvgIpc) is 3.03. The summed E-state index contributed by atoms with van der Waals surface area (Å²) in [7, 11) is 2.83. The van der Waals surface area contributed by atoms with Crippen LogP contribution in [0.1, 0.15) is 11.1 Å². The van der Waals surface area contributed by atoms with Crippen molar-refractivity contribution < 1.29 is 36.9 Å². The molecule has 0 N–H and O–H groups in total. The highest BCUT2D eigenvalue weighted by Crippen LogP contribution is 2.38. The van der Waals surface area contributed by atoms with Gasteiger partial charge >= 0.3 is 6.18 Å². The molecule has 1 aliphatic heterocycles. The Morgan fingerprint density at radius 3 is 2.40 bits per heavy atom. The Balaban J connectivity index is 1.52. The zero-order chi connectivity index (χ0) is 30.6. The molecule has 0 aliphatic carbocycles. The Bertz CT molecular complexity index is 1710. The van der Waals surface area contributed by atoms with Crippen LogP contribution in [-0.4, -0.2) is 73.8 Å². The molecule has 1 saturated heterocycles. The fourth-order valence-electron chi connectivity index (χ4n) is 4.53. The van der Waals surface area contributed by atoms with Crippen molar-refractivity contribution in [3.8, 4) is 28.6 Å². The van der Waals surface area contributed by atoms with Gasteiger partial charge in [-0.05, 0) is 36.4 Å². The van der Waals surface area contributed by atoms with E-state index in [1.165, 1.54) is 32.6 Å². The summed E-state index contributed by atoms with van der Waals surface area (Å²) in [5, 5.41) is 4.56. The minimum atomic E-state index is -4.59. The third-order valence-electron chi connectivity index (χ3n) is 6.71. The highest BCUT2D eigenvalue weighted by molar-refractivity contribution is 5.84. The Kier molecular flexibility index (Phi) is 8.62. The number of methoxy groups -OCH3 is 2. The van der Waals surface area contributed by atoms with Crippen LogP contribution in [0, 0.1) is 0 Å².